The van der Waals surface area contributed by atoms with Crippen LogP contribution in [0.15, 0.2) is 0 Å². The fourth-order valence-corrected chi connectivity index (χ4v) is 1.81. The summed E-state index contributed by atoms with van der Waals surface area (Å²) in [5.41, 5.74) is 0. The van der Waals surface area contributed by atoms with Gasteiger partial charge in [0, 0.05) is 6.42 Å². The lowest BCUT2D eigenvalue weighted by molar-refractivity contribution is -0.141. The Morgan fingerprint density at radius 3 is 2.17 bits per heavy atom. The van der Waals surface area contributed by atoms with Gasteiger partial charge < -0.3 is 15.3 Å². The van der Waals surface area contributed by atoms with E-state index in [4.69, 9.17) is 5.11 Å². The van der Waals surface area contributed by atoms with Gasteiger partial charge in [-0.15, -0.1) is 0 Å². The molecule has 5 heteroatoms. The summed E-state index contributed by atoms with van der Waals surface area (Å²) in [4.78, 5) is 24.4. The first-order chi connectivity index (χ1) is 8.51. The number of hydrogen-bond donors (Lipinski definition) is 2. The van der Waals surface area contributed by atoms with E-state index in [1.54, 1.807) is 0 Å². The minimum atomic E-state index is -0.998. The second-order valence-electron chi connectivity index (χ2n) is 4.57. The van der Waals surface area contributed by atoms with Crippen molar-refractivity contribution in [2.24, 2.45) is 0 Å². The molecule has 0 aliphatic carbocycles. The molecule has 0 saturated heterocycles. The highest BCUT2D eigenvalue weighted by Crippen LogP contribution is 1.99. The number of carboxylic acid groups (broad SMARTS) is 1. The van der Waals surface area contributed by atoms with Crippen molar-refractivity contribution in [1.29, 1.82) is 0 Å². The Balaban J connectivity index is 3.80. The van der Waals surface area contributed by atoms with Gasteiger partial charge in [-0.1, -0.05) is 13.8 Å². The normalized spacial score (nSPS) is 12.4. The Bertz CT molecular complexity index is 251. The maximum Gasteiger partial charge on any atom is 0.325 e. The van der Waals surface area contributed by atoms with Gasteiger partial charge in [0.2, 0.25) is 5.91 Å². The van der Waals surface area contributed by atoms with Gasteiger partial charge in [-0.2, -0.15) is 0 Å². The van der Waals surface area contributed by atoms with Crippen molar-refractivity contribution in [2.75, 3.05) is 19.6 Å². The molecule has 0 aromatic heterocycles. The summed E-state index contributed by atoms with van der Waals surface area (Å²) in [6.07, 6.45) is 3.39. The summed E-state index contributed by atoms with van der Waals surface area (Å²) in [7, 11) is 0. The standard InChI is InChI=1S/C13H26N2O3/c1-4-8-15(9-5-2)10-6-7-12(16)14-11(3)13(17)18/h11H,4-10H2,1-3H3,(H,14,16)(H,17,18). The zero-order valence-electron chi connectivity index (χ0n) is 11.7. The smallest absolute Gasteiger partial charge is 0.325 e. The third-order valence-electron chi connectivity index (χ3n) is 2.71. The second kappa shape index (κ2) is 9.88. The Morgan fingerprint density at radius 2 is 1.72 bits per heavy atom. The van der Waals surface area contributed by atoms with Crippen LogP contribution in [0.3, 0.4) is 0 Å². The van der Waals surface area contributed by atoms with Crippen molar-refractivity contribution in [3.8, 4) is 0 Å². The summed E-state index contributed by atoms with van der Waals surface area (Å²) >= 11 is 0. The van der Waals surface area contributed by atoms with Crippen molar-refractivity contribution in [3.05, 3.63) is 0 Å². The van der Waals surface area contributed by atoms with E-state index >= 15 is 0 Å². The highest BCUT2D eigenvalue weighted by Gasteiger charge is 2.13. The van der Waals surface area contributed by atoms with E-state index < -0.39 is 12.0 Å². The predicted octanol–water partition coefficient (Wildman–Crippen LogP) is 1.48. The van der Waals surface area contributed by atoms with Crippen LogP contribution in [-0.4, -0.2) is 47.6 Å². The molecule has 18 heavy (non-hydrogen) atoms. The lowest BCUT2D eigenvalue weighted by Crippen LogP contribution is -2.38. The number of aliphatic carboxylic acids is 1. The van der Waals surface area contributed by atoms with E-state index in [-0.39, 0.29) is 5.91 Å². The Labute approximate surface area is 110 Å². The molecule has 0 aromatic carbocycles. The number of carbonyl (C=O) groups excluding carboxylic acids is 1. The average Bonchev–Trinajstić information content (AvgIpc) is 2.29. The molecule has 0 aromatic rings. The largest absolute Gasteiger partial charge is 0.480 e. The molecule has 1 unspecified atom stereocenters. The number of hydrogen-bond acceptors (Lipinski definition) is 3. The number of carboxylic acids is 1. The Kier molecular flexibility index (Phi) is 9.28. The summed E-state index contributed by atoms with van der Waals surface area (Å²) in [6.45, 7) is 8.77. The highest BCUT2D eigenvalue weighted by molar-refractivity contribution is 5.83. The molecule has 0 heterocycles. The van der Waals surface area contributed by atoms with Crippen LogP contribution in [-0.2, 0) is 9.59 Å². The zero-order chi connectivity index (χ0) is 14.0. The second-order valence-corrected chi connectivity index (χ2v) is 4.57. The van der Waals surface area contributed by atoms with Gasteiger partial charge in [0.15, 0.2) is 0 Å². The minimum absolute atomic E-state index is 0.183. The molecule has 0 aliphatic heterocycles. The Morgan fingerprint density at radius 1 is 1.17 bits per heavy atom. The molecule has 0 spiro atoms. The molecule has 0 fully saturated rings. The van der Waals surface area contributed by atoms with Gasteiger partial charge >= 0.3 is 5.97 Å². The molecule has 1 amide bonds. The molecule has 0 bridgehead atoms. The highest BCUT2D eigenvalue weighted by atomic mass is 16.4. The summed E-state index contributed by atoms with van der Waals surface area (Å²) < 4.78 is 0. The lowest BCUT2D eigenvalue weighted by atomic mass is 10.2. The van der Waals surface area contributed by atoms with E-state index in [2.05, 4.69) is 24.1 Å². The summed E-state index contributed by atoms with van der Waals surface area (Å²) in [6, 6.07) is -0.806. The lowest BCUT2D eigenvalue weighted by Gasteiger charge is -2.20. The molecule has 2 N–H and O–H groups in total. The summed E-state index contributed by atoms with van der Waals surface area (Å²) in [5.74, 6) is -1.18. The van der Waals surface area contributed by atoms with Gasteiger partial charge in [0.1, 0.15) is 6.04 Å². The van der Waals surface area contributed by atoms with Gasteiger partial charge in [-0.05, 0) is 45.8 Å². The van der Waals surface area contributed by atoms with Crippen molar-refractivity contribution < 1.29 is 14.7 Å². The van der Waals surface area contributed by atoms with Gasteiger partial charge in [-0.3, -0.25) is 9.59 Å². The molecule has 5 nitrogen and oxygen atoms in total. The number of rotatable bonds is 10. The average molecular weight is 258 g/mol. The van der Waals surface area contributed by atoms with E-state index in [1.807, 2.05) is 0 Å². The first-order valence-corrected chi connectivity index (χ1v) is 6.75. The van der Waals surface area contributed by atoms with Crippen molar-refractivity contribution >= 4 is 11.9 Å². The van der Waals surface area contributed by atoms with Crippen LogP contribution in [0.5, 0.6) is 0 Å². The van der Waals surface area contributed by atoms with Gasteiger partial charge in [-0.25, -0.2) is 0 Å². The topological polar surface area (TPSA) is 69.6 Å². The first-order valence-electron chi connectivity index (χ1n) is 6.75. The van der Waals surface area contributed by atoms with Gasteiger partial charge in [0.05, 0.1) is 0 Å². The molecule has 0 rings (SSSR count). The predicted molar refractivity (Wildman–Crippen MR) is 71.5 cm³/mol. The third-order valence-corrected chi connectivity index (χ3v) is 2.71. The third kappa shape index (κ3) is 8.06. The van der Waals surface area contributed by atoms with Crippen LogP contribution >= 0.6 is 0 Å². The number of carbonyl (C=O) groups is 2. The first kappa shape index (κ1) is 16.9. The number of nitrogens with zero attached hydrogens (tertiary/aromatic N) is 1. The van der Waals surface area contributed by atoms with Crippen LogP contribution < -0.4 is 5.32 Å². The molecule has 106 valence electrons. The Hall–Kier alpha value is -1.10. The molecule has 0 aliphatic rings. The molecule has 0 saturated carbocycles. The maximum absolute atomic E-state index is 11.5. The van der Waals surface area contributed by atoms with Crippen molar-refractivity contribution in [1.82, 2.24) is 10.2 Å². The fourth-order valence-electron chi connectivity index (χ4n) is 1.81. The minimum Gasteiger partial charge on any atom is -0.480 e. The quantitative estimate of drug-likeness (QED) is 0.622. The SMILES string of the molecule is CCCN(CCC)CCCC(=O)NC(C)C(=O)O. The van der Waals surface area contributed by atoms with E-state index in [1.165, 1.54) is 6.92 Å². The fraction of sp³-hybridized carbons (Fsp3) is 0.846. The van der Waals surface area contributed by atoms with Crippen LogP contribution in [0.25, 0.3) is 0 Å². The van der Waals surface area contributed by atoms with E-state index in [0.717, 1.165) is 38.9 Å². The van der Waals surface area contributed by atoms with Crippen LogP contribution in [0, 0.1) is 0 Å². The zero-order valence-corrected chi connectivity index (χ0v) is 11.7. The maximum atomic E-state index is 11.5. The van der Waals surface area contributed by atoms with Crippen molar-refractivity contribution in [3.63, 3.8) is 0 Å². The van der Waals surface area contributed by atoms with E-state index in [9.17, 15) is 9.59 Å². The molecule has 1 atom stereocenters. The molecular formula is C13H26N2O3. The number of amides is 1. The molecular weight excluding hydrogens is 232 g/mol. The molecule has 0 radical (unpaired) electrons. The van der Waals surface area contributed by atoms with Crippen molar-refractivity contribution in [2.45, 2.75) is 52.5 Å². The van der Waals surface area contributed by atoms with E-state index in [0.29, 0.717) is 6.42 Å². The van der Waals surface area contributed by atoms with Crippen LogP contribution in [0.1, 0.15) is 46.5 Å². The monoisotopic (exact) mass is 258 g/mol. The van der Waals surface area contributed by atoms with Crippen LogP contribution in [0.2, 0.25) is 0 Å². The number of nitrogens with one attached hydrogen (secondary N) is 1. The van der Waals surface area contributed by atoms with Crippen LogP contribution in [0.4, 0.5) is 0 Å². The summed E-state index contributed by atoms with van der Waals surface area (Å²) in [5, 5.41) is 11.1. The van der Waals surface area contributed by atoms with Gasteiger partial charge in [0.25, 0.3) is 0 Å².